The van der Waals surface area contributed by atoms with Crippen molar-refractivity contribution < 1.29 is 4.79 Å². The largest absolute Gasteiger partial charge is 0.273 e. The summed E-state index contributed by atoms with van der Waals surface area (Å²) in [6.45, 7) is 4.23. The normalized spacial score (nSPS) is 15.6. The lowest BCUT2D eigenvalue weighted by molar-refractivity contribution is -0.121. The Kier molecular flexibility index (Phi) is 3.04. The summed E-state index contributed by atoms with van der Waals surface area (Å²) < 4.78 is 0. The number of hydrogen-bond donors (Lipinski definition) is 1. The van der Waals surface area contributed by atoms with E-state index in [0.29, 0.717) is 6.42 Å². The molecule has 0 fully saturated rings. The highest BCUT2D eigenvalue weighted by atomic mass is 16.2. The summed E-state index contributed by atoms with van der Waals surface area (Å²) in [5.41, 5.74) is 7.52. The standard InChI is InChI=1S/C13H16N2O/c1-9-4-3-5-10(2)12(9)8-11-6-7-13(16)15-14-11/h3-5H,6-8H2,1-2H3,(H,15,16). The predicted molar refractivity (Wildman–Crippen MR) is 64.4 cm³/mol. The first-order valence-electron chi connectivity index (χ1n) is 5.56. The number of aryl methyl sites for hydroxylation is 2. The maximum atomic E-state index is 11.0. The van der Waals surface area contributed by atoms with Gasteiger partial charge in [0.15, 0.2) is 0 Å². The summed E-state index contributed by atoms with van der Waals surface area (Å²) in [7, 11) is 0. The van der Waals surface area contributed by atoms with Crippen molar-refractivity contribution in [2.45, 2.75) is 33.1 Å². The molecular weight excluding hydrogens is 200 g/mol. The highest BCUT2D eigenvalue weighted by Crippen LogP contribution is 2.16. The van der Waals surface area contributed by atoms with E-state index in [2.05, 4.69) is 42.6 Å². The summed E-state index contributed by atoms with van der Waals surface area (Å²) in [5, 5.41) is 4.11. The molecule has 0 atom stereocenters. The van der Waals surface area contributed by atoms with Crippen LogP contribution in [0.4, 0.5) is 0 Å². The molecule has 0 unspecified atom stereocenters. The van der Waals surface area contributed by atoms with Crippen molar-refractivity contribution in [2.24, 2.45) is 5.10 Å². The van der Waals surface area contributed by atoms with Crippen molar-refractivity contribution in [3.8, 4) is 0 Å². The number of benzene rings is 1. The highest BCUT2D eigenvalue weighted by molar-refractivity contribution is 5.93. The van der Waals surface area contributed by atoms with E-state index in [-0.39, 0.29) is 5.91 Å². The molecule has 84 valence electrons. The molecule has 0 spiro atoms. The van der Waals surface area contributed by atoms with Crippen molar-refractivity contribution >= 4 is 11.6 Å². The van der Waals surface area contributed by atoms with Gasteiger partial charge in [0.1, 0.15) is 0 Å². The first kappa shape index (κ1) is 10.9. The van der Waals surface area contributed by atoms with E-state index in [1.54, 1.807) is 0 Å². The summed E-state index contributed by atoms with van der Waals surface area (Å²) in [5.74, 6) is 0.0188. The summed E-state index contributed by atoms with van der Waals surface area (Å²) in [4.78, 5) is 11.0. The van der Waals surface area contributed by atoms with Crippen molar-refractivity contribution in [1.82, 2.24) is 5.43 Å². The van der Waals surface area contributed by atoms with E-state index < -0.39 is 0 Å². The second-order valence-electron chi connectivity index (χ2n) is 4.26. The molecule has 16 heavy (non-hydrogen) atoms. The van der Waals surface area contributed by atoms with Gasteiger partial charge < -0.3 is 0 Å². The molecule has 1 aliphatic rings. The first-order valence-corrected chi connectivity index (χ1v) is 5.56. The molecule has 0 saturated heterocycles. The lowest BCUT2D eigenvalue weighted by Gasteiger charge is -2.14. The van der Waals surface area contributed by atoms with Crippen LogP contribution in [0.3, 0.4) is 0 Å². The molecule has 1 aromatic rings. The number of hydrogen-bond acceptors (Lipinski definition) is 2. The fourth-order valence-electron chi connectivity index (χ4n) is 1.97. The Bertz CT molecular complexity index is 429. The van der Waals surface area contributed by atoms with Crippen LogP contribution < -0.4 is 5.43 Å². The quantitative estimate of drug-likeness (QED) is 0.808. The summed E-state index contributed by atoms with van der Waals surface area (Å²) in [6.07, 6.45) is 2.18. The molecule has 1 aromatic carbocycles. The molecule has 1 N–H and O–H groups in total. The Morgan fingerprint density at radius 1 is 1.25 bits per heavy atom. The summed E-state index contributed by atoms with van der Waals surface area (Å²) >= 11 is 0. The molecule has 1 aliphatic heterocycles. The number of carbonyl (C=O) groups is 1. The Morgan fingerprint density at radius 3 is 2.50 bits per heavy atom. The van der Waals surface area contributed by atoms with Crippen LogP contribution in [-0.4, -0.2) is 11.6 Å². The van der Waals surface area contributed by atoms with Gasteiger partial charge in [0.2, 0.25) is 5.91 Å². The van der Waals surface area contributed by atoms with Gasteiger partial charge >= 0.3 is 0 Å². The van der Waals surface area contributed by atoms with Crippen LogP contribution in [-0.2, 0) is 11.2 Å². The van der Waals surface area contributed by atoms with E-state index in [4.69, 9.17) is 0 Å². The zero-order valence-electron chi connectivity index (χ0n) is 9.71. The zero-order valence-corrected chi connectivity index (χ0v) is 9.71. The monoisotopic (exact) mass is 216 g/mol. The highest BCUT2D eigenvalue weighted by Gasteiger charge is 2.13. The van der Waals surface area contributed by atoms with Gasteiger partial charge in [0, 0.05) is 18.6 Å². The molecule has 3 heteroatoms. The van der Waals surface area contributed by atoms with Crippen molar-refractivity contribution in [3.63, 3.8) is 0 Å². The van der Waals surface area contributed by atoms with Crippen LogP contribution in [0.15, 0.2) is 23.3 Å². The van der Waals surface area contributed by atoms with Crippen LogP contribution >= 0.6 is 0 Å². The van der Waals surface area contributed by atoms with E-state index in [0.717, 1.165) is 18.6 Å². The van der Waals surface area contributed by atoms with E-state index in [1.807, 2.05) is 0 Å². The number of nitrogens with one attached hydrogen (secondary N) is 1. The van der Waals surface area contributed by atoms with E-state index in [1.165, 1.54) is 16.7 Å². The second-order valence-corrected chi connectivity index (χ2v) is 4.26. The fraction of sp³-hybridized carbons (Fsp3) is 0.385. The molecule has 1 amide bonds. The molecule has 0 bridgehead atoms. The zero-order chi connectivity index (χ0) is 11.5. The predicted octanol–water partition coefficient (Wildman–Crippen LogP) is 2.11. The first-order chi connectivity index (χ1) is 7.66. The molecule has 3 nitrogen and oxygen atoms in total. The van der Waals surface area contributed by atoms with E-state index >= 15 is 0 Å². The third-order valence-electron chi connectivity index (χ3n) is 3.00. The lowest BCUT2D eigenvalue weighted by atomic mass is 9.96. The number of rotatable bonds is 2. The number of nitrogens with zero attached hydrogens (tertiary/aromatic N) is 1. The number of hydrazone groups is 1. The number of amides is 1. The van der Waals surface area contributed by atoms with Crippen LogP contribution in [0.2, 0.25) is 0 Å². The minimum absolute atomic E-state index is 0.0188. The van der Waals surface area contributed by atoms with Crippen LogP contribution in [0.1, 0.15) is 29.5 Å². The third-order valence-corrected chi connectivity index (χ3v) is 3.00. The topological polar surface area (TPSA) is 41.5 Å². The molecule has 0 aromatic heterocycles. The maximum Gasteiger partial charge on any atom is 0.240 e. The van der Waals surface area contributed by atoms with Gasteiger partial charge in [-0.15, -0.1) is 0 Å². The Labute approximate surface area is 95.6 Å². The lowest BCUT2D eigenvalue weighted by Crippen LogP contribution is -2.26. The van der Waals surface area contributed by atoms with Gasteiger partial charge in [-0.05, 0) is 37.0 Å². The second kappa shape index (κ2) is 4.47. The maximum absolute atomic E-state index is 11.0. The molecule has 1 heterocycles. The van der Waals surface area contributed by atoms with Gasteiger partial charge in [-0.3, -0.25) is 4.79 Å². The average molecular weight is 216 g/mol. The van der Waals surface area contributed by atoms with Gasteiger partial charge in [-0.2, -0.15) is 5.10 Å². The molecule has 0 radical (unpaired) electrons. The van der Waals surface area contributed by atoms with Gasteiger partial charge in [0.05, 0.1) is 0 Å². The Balaban J connectivity index is 2.18. The minimum Gasteiger partial charge on any atom is -0.273 e. The Morgan fingerprint density at radius 2 is 1.94 bits per heavy atom. The Hall–Kier alpha value is -1.64. The van der Waals surface area contributed by atoms with E-state index in [9.17, 15) is 4.79 Å². The van der Waals surface area contributed by atoms with Crippen molar-refractivity contribution in [3.05, 3.63) is 34.9 Å². The SMILES string of the molecule is Cc1cccc(C)c1CC1=NNC(=O)CC1. The smallest absolute Gasteiger partial charge is 0.240 e. The molecule has 2 rings (SSSR count). The number of carbonyl (C=O) groups excluding carboxylic acids is 1. The minimum atomic E-state index is 0.0188. The van der Waals surface area contributed by atoms with Crippen LogP contribution in [0, 0.1) is 13.8 Å². The van der Waals surface area contributed by atoms with Crippen LogP contribution in [0.5, 0.6) is 0 Å². The molecule has 0 aliphatic carbocycles. The van der Waals surface area contributed by atoms with Crippen molar-refractivity contribution in [2.75, 3.05) is 0 Å². The van der Waals surface area contributed by atoms with Crippen LogP contribution in [0.25, 0.3) is 0 Å². The third kappa shape index (κ3) is 2.30. The molecule has 0 saturated carbocycles. The summed E-state index contributed by atoms with van der Waals surface area (Å²) in [6, 6.07) is 6.30. The van der Waals surface area contributed by atoms with Gasteiger partial charge in [0.25, 0.3) is 0 Å². The molecular formula is C13H16N2O. The van der Waals surface area contributed by atoms with Crippen molar-refractivity contribution in [1.29, 1.82) is 0 Å². The van der Waals surface area contributed by atoms with Gasteiger partial charge in [-0.25, -0.2) is 5.43 Å². The fourth-order valence-corrected chi connectivity index (χ4v) is 1.97. The van der Waals surface area contributed by atoms with Gasteiger partial charge in [-0.1, -0.05) is 18.2 Å². The average Bonchev–Trinajstić information content (AvgIpc) is 2.26.